The van der Waals surface area contributed by atoms with E-state index in [1.54, 1.807) is 0 Å². The van der Waals surface area contributed by atoms with Gasteiger partial charge in [0.25, 0.3) is 0 Å². The van der Waals surface area contributed by atoms with Crippen molar-refractivity contribution in [1.82, 2.24) is 10.2 Å². The SMILES string of the molecule is CNCCC(=O)N1CCc2c(cccc2NC(=O)Nc2ccc(C)cc2)C1.Cl. The Balaban J connectivity index is 0.00000280. The van der Waals surface area contributed by atoms with Gasteiger partial charge in [0, 0.05) is 37.4 Å². The number of carbonyl (C=O) groups is 2. The lowest BCUT2D eigenvalue weighted by molar-refractivity contribution is -0.132. The molecule has 0 atom stereocenters. The molecule has 0 aliphatic carbocycles. The lowest BCUT2D eigenvalue weighted by Gasteiger charge is -2.30. The number of aryl methyl sites for hydroxylation is 1. The van der Waals surface area contributed by atoms with Crippen LogP contribution in [0.25, 0.3) is 0 Å². The molecule has 3 amide bonds. The number of nitrogens with one attached hydrogen (secondary N) is 3. The highest BCUT2D eigenvalue weighted by Crippen LogP contribution is 2.26. The number of carbonyl (C=O) groups excluding carboxylic acids is 2. The molecule has 3 N–H and O–H groups in total. The highest BCUT2D eigenvalue weighted by atomic mass is 35.5. The van der Waals surface area contributed by atoms with Crippen LogP contribution in [0.1, 0.15) is 23.1 Å². The molecule has 2 aromatic carbocycles. The summed E-state index contributed by atoms with van der Waals surface area (Å²) in [5, 5.41) is 8.81. The van der Waals surface area contributed by atoms with E-state index in [4.69, 9.17) is 0 Å². The first-order chi connectivity index (χ1) is 13.1. The second-order valence-corrected chi connectivity index (χ2v) is 6.81. The Hall–Kier alpha value is -2.57. The summed E-state index contributed by atoms with van der Waals surface area (Å²) in [5.41, 5.74) is 4.90. The molecule has 0 fully saturated rings. The van der Waals surface area contributed by atoms with Crippen LogP contribution < -0.4 is 16.0 Å². The van der Waals surface area contributed by atoms with Crippen molar-refractivity contribution in [3.63, 3.8) is 0 Å². The summed E-state index contributed by atoms with van der Waals surface area (Å²) in [6.45, 7) is 3.96. The van der Waals surface area contributed by atoms with E-state index in [-0.39, 0.29) is 24.3 Å². The molecule has 0 saturated heterocycles. The fraction of sp³-hybridized carbons (Fsp3) is 0.333. The quantitative estimate of drug-likeness (QED) is 0.716. The van der Waals surface area contributed by atoms with Gasteiger partial charge in [-0.15, -0.1) is 12.4 Å². The van der Waals surface area contributed by atoms with Crippen molar-refractivity contribution in [2.75, 3.05) is 30.8 Å². The molecule has 1 aliphatic heterocycles. The van der Waals surface area contributed by atoms with Gasteiger partial charge in [0.1, 0.15) is 0 Å². The Kier molecular flexibility index (Phi) is 7.84. The van der Waals surface area contributed by atoms with Crippen LogP contribution in [0.3, 0.4) is 0 Å². The predicted molar refractivity (Wildman–Crippen MR) is 115 cm³/mol. The van der Waals surface area contributed by atoms with Gasteiger partial charge in [-0.3, -0.25) is 4.79 Å². The van der Waals surface area contributed by atoms with E-state index in [9.17, 15) is 9.59 Å². The molecule has 0 aromatic heterocycles. The number of urea groups is 1. The Morgan fingerprint density at radius 1 is 1.07 bits per heavy atom. The predicted octanol–water partition coefficient (Wildman–Crippen LogP) is 3.56. The lowest BCUT2D eigenvalue weighted by atomic mass is 9.97. The molecule has 1 heterocycles. The van der Waals surface area contributed by atoms with Crippen molar-refractivity contribution < 1.29 is 9.59 Å². The molecule has 28 heavy (non-hydrogen) atoms. The zero-order valence-corrected chi connectivity index (χ0v) is 17.1. The van der Waals surface area contributed by atoms with Crippen molar-refractivity contribution >= 4 is 35.7 Å². The Morgan fingerprint density at radius 3 is 2.54 bits per heavy atom. The molecule has 2 aromatic rings. The molecular weight excluding hydrogens is 376 g/mol. The van der Waals surface area contributed by atoms with E-state index in [1.807, 2.05) is 61.3 Å². The monoisotopic (exact) mass is 402 g/mol. The number of anilines is 2. The number of fused-ring (bicyclic) bond motifs is 1. The number of hydrogen-bond donors (Lipinski definition) is 3. The summed E-state index contributed by atoms with van der Waals surface area (Å²) in [7, 11) is 1.85. The van der Waals surface area contributed by atoms with Gasteiger partial charge in [-0.1, -0.05) is 29.8 Å². The van der Waals surface area contributed by atoms with Crippen molar-refractivity contribution in [1.29, 1.82) is 0 Å². The van der Waals surface area contributed by atoms with Crippen LogP contribution in [0.4, 0.5) is 16.2 Å². The van der Waals surface area contributed by atoms with E-state index < -0.39 is 0 Å². The Morgan fingerprint density at radius 2 is 1.82 bits per heavy atom. The summed E-state index contributed by atoms with van der Waals surface area (Å²) in [6.07, 6.45) is 1.24. The van der Waals surface area contributed by atoms with Gasteiger partial charge in [0.2, 0.25) is 5.91 Å². The molecule has 0 unspecified atom stereocenters. The minimum absolute atomic E-state index is 0. The van der Waals surface area contributed by atoms with Crippen molar-refractivity contribution in [3.8, 4) is 0 Å². The molecule has 1 aliphatic rings. The maximum absolute atomic E-state index is 12.3. The molecule has 0 saturated carbocycles. The van der Waals surface area contributed by atoms with E-state index in [0.29, 0.717) is 26.1 Å². The molecular formula is C21H27ClN4O2. The number of amides is 3. The van der Waals surface area contributed by atoms with E-state index in [0.717, 1.165) is 34.5 Å². The summed E-state index contributed by atoms with van der Waals surface area (Å²) < 4.78 is 0. The van der Waals surface area contributed by atoms with E-state index in [1.165, 1.54) is 0 Å². The minimum Gasteiger partial charge on any atom is -0.338 e. The number of rotatable bonds is 5. The summed E-state index contributed by atoms with van der Waals surface area (Å²) in [5.74, 6) is 0.158. The van der Waals surface area contributed by atoms with Crippen molar-refractivity contribution in [2.45, 2.75) is 26.3 Å². The molecule has 6 nitrogen and oxygen atoms in total. The maximum atomic E-state index is 12.3. The number of hydrogen-bond acceptors (Lipinski definition) is 3. The van der Waals surface area contributed by atoms with E-state index >= 15 is 0 Å². The fourth-order valence-electron chi connectivity index (χ4n) is 3.25. The standard InChI is InChI=1S/C21H26N4O2.ClH/c1-15-6-8-17(9-7-15)23-21(27)24-19-5-3-4-16-14-25(13-11-18(16)19)20(26)10-12-22-2;/h3-9,22H,10-14H2,1-2H3,(H2,23,24,27);1H. The third-order valence-corrected chi connectivity index (χ3v) is 4.77. The average Bonchev–Trinajstić information content (AvgIpc) is 2.67. The average molecular weight is 403 g/mol. The Bertz CT molecular complexity index is 824. The minimum atomic E-state index is -0.264. The molecule has 7 heteroatoms. The van der Waals surface area contributed by atoms with Crippen LogP contribution in [-0.4, -0.2) is 37.0 Å². The van der Waals surface area contributed by atoms with Crippen LogP contribution in [0.15, 0.2) is 42.5 Å². The highest BCUT2D eigenvalue weighted by Gasteiger charge is 2.22. The first kappa shape index (κ1) is 21.7. The van der Waals surface area contributed by atoms with Gasteiger partial charge in [0.05, 0.1) is 0 Å². The van der Waals surface area contributed by atoms with E-state index in [2.05, 4.69) is 16.0 Å². The third kappa shape index (κ3) is 5.47. The Labute approximate surface area is 172 Å². The molecule has 0 spiro atoms. The summed E-state index contributed by atoms with van der Waals surface area (Å²) >= 11 is 0. The van der Waals surface area contributed by atoms with Crippen LogP contribution in [0.2, 0.25) is 0 Å². The van der Waals surface area contributed by atoms with Crippen molar-refractivity contribution in [2.24, 2.45) is 0 Å². The maximum Gasteiger partial charge on any atom is 0.323 e. The topological polar surface area (TPSA) is 73.5 Å². The first-order valence-electron chi connectivity index (χ1n) is 9.24. The zero-order valence-electron chi connectivity index (χ0n) is 16.2. The van der Waals surface area contributed by atoms with Gasteiger partial charge in [-0.25, -0.2) is 4.79 Å². The number of halogens is 1. The number of benzene rings is 2. The fourth-order valence-corrected chi connectivity index (χ4v) is 3.25. The van der Waals surface area contributed by atoms with Crippen LogP contribution in [0, 0.1) is 6.92 Å². The molecule has 3 rings (SSSR count). The van der Waals surface area contributed by atoms with Gasteiger partial charge in [-0.2, -0.15) is 0 Å². The highest BCUT2D eigenvalue weighted by molar-refractivity contribution is 6.00. The normalized spacial score (nSPS) is 12.6. The second kappa shape index (κ2) is 10.1. The lowest BCUT2D eigenvalue weighted by Crippen LogP contribution is -2.37. The summed E-state index contributed by atoms with van der Waals surface area (Å²) in [4.78, 5) is 26.5. The largest absolute Gasteiger partial charge is 0.338 e. The first-order valence-corrected chi connectivity index (χ1v) is 9.24. The van der Waals surface area contributed by atoms with Crippen molar-refractivity contribution in [3.05, 3.63) is 59.2 Å². The number of nitrogens with zero attached hydrogens (tertiary/aromatic N) is 1. The van der Waals surface area contributed by atoms with Crippen LogP contribution in [-0.2, 0) is 17.8 Å². The second-order valence-electron chi connectivity index (χ2n) is 6.81. The smallest absolute Gasteiger partial charge is 0.323 e. The van der Waals surface area contributed by atoms with Gasteiger partial charge < -0.3 is 20.9 Å². The third-order valence-electron chi connectivity index (χ3n) is 4.77. The van der Waals surface area contributed by atoms with Crippen LogP contribution >= 0.6 is 12.4 Å². The van der Waals surface area contributed by atoms with Gasteiger partial charge in [0.15, 0.2) is 0 Å². The van der Waals surface area contributed by atoms with Gasteiger partial charge >= 0.3 is 6.03 Å². The molecule has 0 bridgehead atoms. The van der Waals surface area contributed by atoms with Crippen LogP contribution in [0.5, 0.6) is 0 Å². The van der Waals surface area contributed by atoms with Gasteiger partial charge in [-0.05, 0) is 49.7 Å². The molecule has 150 valence electrons. The summed E-state index contributed by atoms with van der Waals surface area (Å²) in [6, 6.07) is 13.3. The molecule has 0 radical (unpaired) electrons. The zero-order chi connectivity index (χ0) is 19.2.